The van der Waals surface area contributed by atoms with Crippen molar-refractivity contribution in [2.45, 2.75) is 79.2 Å². The lowest BCUT2D eigenvalue weighted by Crippen LogP contribution is -2.32. The Balaban J connectivity index is 2.46. The lowest BCUT2D eigenvalue weighted by Gasteiger charge is -2.32. The lowest BCUT2D eigenvalue weighted by molar-refractivity contribution is -0.126. The number of aliphatic hydroxyl groups is 3. The van der Waals surface area contributed by atoms with Crippen molar-refractivity contribution in [1.29, 1.82) is 0 Å². The minimum atomic E-state index is -0.738. The number of carbonyl (C=O) groups is 1. The van der Waals surface area contributed by atoms with E-state index in [4.69, 9.17) is 0 Å². The lowest BCUT2D eigenvalue weighted by atomic mass is 9.70. The summed E-state index contributed by atoms with van der Waals surface area (Å²) in [4.78, 5) is 13.1. The highest BCUT2D eigenvalue weighted by Crippen LogP contribution is 2.50. The summed E-state index contributed by atoms with van der Waals surface area (Å²) in [5, 5.41) is 30.9. The van der Waals surface area contributed by atoms with Gasteiger partial charge in [0.05, 0.1) is 6.10 Å². The molecular weight excluding hydrogens is 364 g/mol. The molecule has 3 N–H and O–H groups in total. The van der Waals surface area contributed by atoms with E-state index in [0.29, 0.717) is 24.8 Å². The van der Waals surface area contributed by atoms with Crippen LogP contribution < -0.4 is 0 Å². The summed E-state index contributed by atoms with van der Waals surface area (Å²) in [6, 6.07) is 0. The second-order valence-electron chi connectivity index (χ2n) is 9.27. The summed E-state index contributed by atoms with van der Waals surface area (Å²) in [6.07, 6.45) is 10.4. The van der Waals surface area contributed by atoms with Crippen LogP contribution >= 0.6 is 0 Å². The van der Waals surface area contributed by atoms with E-state index in [0.717, 1.165) is 24.8 Å². The van der Waals surface area contributed by atoms with Crippen molar-refractivity contribution in [2.24, 2.45) is 17.3 Å². The number of hydrogen-bond donors (Lipinski definition) is 3. The summed E-state index contributed by atoms with van der Waals surface area (Å²) in [5.41, 5.74) is 3.36. The third kappa shape index (κ3) is 5.29. The number of rotatable bonds is 2. The number of aliphatic hydroxyl groups excluding tert-OH is 3. The maximum Gasteiger partial charge on any atom is 0.203 e. The van der Waals surface area contributed by atoms with E-state index in [9.17, 15) is 20.1 Å². The van der Waals surface area contributed by atoms with Crippen molar-refractivity contribution < 1.29 is 20.1 Å². The van der Waals surface area contributed by atoms with Crippen molar-refractivity contribution in [3.05, 3.63) is 46.3 Å². The van der Waals surface area contributed by atoms with Crippen LogP contribution in [-0.2, 0) is 4.79 Å². The van der Waals surface area contributed by atoms with E-state index in [2.05, 4.69) is 26.0 Å². The molecule has 0 heterocycles. The first-order valence-electron chi connectivity index (χ1n) is 10.9. The number of carbonyl (C=O) groups excluding carboxylic acids is 1. The summed E-state index contributed by atoms with van der Waals surface area (Å²) in [5.74, 6) is -0.860. The van der Waals surface area contributed by atoms with Crippen LogP contribution in [0.15, 0.2) is 46.3 Å². The minimum Gasteiger partial charge on any atom is -0.504 e. The predicted molar refractivity (Wildman–Crippen MR) is 117 cm³/mol. The zero-order valence-electron chi connectivity index (χ0n) is 18.7. The van der Waals surface area contributed by atoms with Crippen LogP contribution in [0.4, 0.5) is 0 Å². The molecule has 2 aliphatic carbocycles. The van der Waals surface area contributed by atoms with Crippen LogP contribution in [0.2, 0.25) is 0 Å². The zero-order valence-corrected chi connectivity index (χ0v) is 18.7. The van der Waals surface area contributed by atoms with Gasteiger partial charge in [-0.3, -0.25) is 4.79 Å². The van der Waals surface area contributed by atoms with Crippen LogP contribution in [0.5, 0.6) is 0 Å². The van der Waals surface area contributed by atoms with Gasteiger partial charge in [0.15, 0.2) is 5.76 Å². The highest BCUT2D eigenvalue weighted by atomic mass is 16.3. The number of ketones is 1. The molecule has 0 aromatic rings. The van der Waals surface area contributed by atoms with E-state index in [-0.39, 0.29) is 30.0 Å². The van der Waals surface area contributed by atoms with Gasteiger partial charge in [-0.25, -0.2) is 0 Å². The average Bonchev–Trinajstić information content (AvgIpc) is 2.88. The Morgan fingerprint density at radius 2 is 1.79 bits per heavy atom. The Morgan fingerprint density at radius 1 is 1.14 bits per heavy atom. The average molecular weight is 403 g/mol. The Hall–Kier alpha value is -1.65. The quantitative estimate of drug-likeness (QED) is 0.556. The normalized spacial score (nSPS) is 34.9. The Kier molecular flexibility index (Phi) is 8.07. The maximum absolute atomic E-state index is 13.1. The molecule has 0 aliphatic heterocycles. The van der Waals surface area contributed by atoms with Crippen LogP contribution in [0.3, 0.4) is 0 Å². The Bertz CT molecular complexity index is 740. The molecule has 0 radical (unpaired) electrons. The second kappa shape index (κ2) is 9.90. The third-order valence-electron chi connectivity index (χ3n) is 6.88. The number of allylic oxidation sites excluding steroid dienone is 6. The van der Waals surface area contributed by atoms with Gasteiger partial charge in [0.1, 0.15) is 0 Å². The van der Waals surface area contributed by atoms with E-state index >= 15 is 0 Å². The predicted octanol–water partition coefficient (Wildman–Crippen LogP) is 5.19. The summed E-state index contributed by atoms with van der Waals surface area (Å²) in [7, 11) is 0. The van der Waals surface area contributed by atoms with E-state index in [1.807, 2.05) is 26.8 Å². The molecule has 2 aliphatic rings. The third-order valence-corrected chi connectivity index (χ3v) is 6.88. The van der Waals surface area contributed by atoms with Crippen molar-refractivity contribution in [2.75, 3.05) is 6.61 Å². The fraction of sp³-hybridized carbons (Fsp3) is 0.640. The van der Waals surface area contributed by atoms with Gasteiger partial charge in [-0.15, -0.1) is 0 Å². The molecule has 162 valence electrons. The molecule has 0 unspecified atom stereocenters. The Labute approximate surface area is 175 Å². The highest BCUT2D eigenvalue weighted by molar-refractivity contribution is 6.02. The van der Waals surface area contributed by atoms with Crippen molar-refractivity contribution >= 4 is 5.78 Å². The first-order chi connectivity index (χ1) is 13.6. The van der Waals surface area contributed by atoms with Crippen LogP contribution in [0, 0.1) is 17.3 Å². The van der Waals surface area contributed by atoms with Gasteiger partial charge in [-0.1, -0.05) is 43.2 Å². The fourth-order valence-corrected chi connectivity index (χ4v) is 4.53. The molecular formula is C25H38O4. The van der Waals surface area contributed by atoms with Crippen LogP contribution in [0.25, 0.3) is 0 Å². The minimum absolute atomic E-state index is 0.107. The highest BCUT2D eigenvalue weighted by Gasteiger charge is 2.51. The van der Waals surface area contributed by atoms with Gasteiger partial charge in [0, 0.05) is 23.9 Å². The molecule has 0 aromatic carbocycles. The summed E-state index contributed by atoms with van der Waals surface area (Å²) < 4.78 is 0. The van der Waals surface area contributed by atoms with Gasteiger partial charge in [-0.05, 0) is 70.4 Å². The molecule has 0 bridgehead atoms. The first-order valence-corrected chi connectivity index (χ1v) is 10.9. The molecule has 0 aromatic heterocycles. The van der Waals surface area contributed by atoms with Gasteiger partial charge in [-0.2, -0.15) is 0 Å². The largest absolute Gasteiger partial charge is 0.504 e. The first kappa shape index (κ1) is 23.6. The fourth-order valence-electron chi connectivity index (χ4n) is 4.53. The number of fused-ring (bicyclic) bond motifs is 1. The summed E-state index contributed by atoms with van der Waals surface area (Å²) in [6.45, 7) is 9.81. The Morgan fingerprint density at radius 3 is 2.45 bits per heavy atom. The van der Waals surface area contributed by atoms with E-state index < -0.39 is 11.5 Å². The van der Waals surface area contributed by atoms with Gasteiger partial charge >= 0.3 is 0 Å². The van der Waals surface area contributed by atoms with Crippen LogP contribution in [-0.4, -0.2) is 33.8 Å². The van der Waals surface area contributed by atoms with E-state index in [1.54, 1.807) is 0 Å². The van der Waals surface area contributed by atoms with Gasteiger partial charge in [0.2, 0.25) is 5.78 Å². The molecule has 2 rings (SSSR count). The molecule has 29 heavy (non-hydrogen) atoms. The number of Topliss-reactive ketones (excluding diaryl/α,β-unsaturated/α-hetero) is 1. The van der Waals surface area contributed by atoms with Gasteiger partial charge in [0.25, 0.3) is 0 Å². The molecule has 4 nitrogen and oxygen atoms in total. The van der Waals surface area contributed by atoms with Crippen molar-refractivity contribution in [3.8, 4) is 0 Å². The summed E-state index contributed by atoms with van der Waals surface area (Å²) >= 11 is 0. The molecule has 0 spiro atoms. The van der Waals surface area contributed by atoms with Crippen molar-refractivity contribution in [3.63, 3.8) is 0 Å². The van der Waals surface area contributed by atoms with E-state index in [1.165, 1.54) is 11.1 Å². The van der Waals surface area contributed by atoms with Gasteiger partial charge < -0.3 is 15.3 Å². The SMILES string of the molecule is CC1=CC[C@@H]2C([C@H](C)CO)=C(O)C(=O)[C@@]2(C)C/C=C(\C)CC/C=C(/C)CC[C@@H]1O. The second-order valence-corrected chi connectivity index (χ2v) is 9.27. The molecule has 4 atom stereocenters. The zero-order chi connectivity index (χ0) is 21.8. The monoisotopic (exact) mass is 402 g/mol. The topological polar surface area (TPSA) is 77.8 Å². The van der Waals surface area contributed by atoms with Crippen molar-refractivity contribution in [1.82, 2.24) is 0 Å². The smallest absolute Gasteiger partial charge is 0.203 e. The molecule has 0 fully saturated rings. The number of hydrogen-bond acceptors (Lipinski definition) is 4. The van der Waals surface area contributed by atoms with Crippen LogP contribution in [0.1, 0.15) is 73.1 Å². The molecule has 0 amide bonds. The standard InChI is InChI=1S/C25H38O4/c1-16-7-6-8-17(2)13-14-25(5)20(11-10-18(3)21(27)12-9-16)22(19(4)15-26)23(28)24(25)29/h7,10,13,19-21,26-28H,6,8-9,11-12,14-15H2,1-5H3/b16-7-,17-13+,18-10?/t19-,20-,21+,25+/m1/s1. The molecule has 0 saturated heterocycles. The molecule has 4 heteroatoms. The maximum atomic E-state index is 13.1. The molecule has 0 saturated carbocycles.